The number of carbonyl (C=O) groups is 2. The highest BCUT2D eigenvalue weighted by molar-refractivity contribution is 7.80. The van der Waals surface area contributed by atoms with Gasteiger partial charge in [-0.3, -0.25) is 4.79 Å². The molecular weight excluding hydrogens is 559 g/mol. The molecule has 0 bridgehead atoms. The fraction of sp³-hybridized carbons (Fsp3) is 0.357. The number of halogens is 3. The Morgan fingerprint density at radius 3 is 2.39 bits per heavy atom. The molecule has 3 rings (SSSR count). The zero-order chi connectivity index (χ0) is 30.4. The van der Waals surface area contributed by atoms with Crippen LogP contribution >= 0.6 is 12.2 Å². The summed E-state index contributed by atoms with van der Waals surface area (Å²) in [5.74, 6) is -0.211. The van der Waals surface area contributed by atoms with Gasteiger partial charge in [-0.15, -0.1) is 0 Å². The van der Waals surface area contributed by atoms with Crippen molar-refractivity contribution in [3.63, 3.8) is 0 Å². The topological polar surface area (TPSA) is 107 Å². The van der Waals surface area contributed by atoms with E-state index in [9.17, 15) is 22.8 Å². The maximum atomic E-state index is 13.6. The number of amides is 2. The van der Waals surface area contributed by atoms with E-state index >= 15 is 0 Å². The fourth-order valence-electron chi connectivity index (χ4n) is 3.68. The number of benzene rings is 2. The van der Waals surface area contributed by atoms with E-state index in [-0.39, 0.29) is 24.5 Å². The molecule has 1 heterocycles. The number of carbonyl (C=O) groups excluding carboxylic acids is 2. The summed E-state index contributed by atoms with van der Waals surface area (Å²) in [5.41, 5.74) is -0.603. The summed E-state index contributed by atoms with van der Waals surface area (Å²) in [5, 5.41) is 12.0. The number of alkyl carbamates (subject to hydrolysis) is 1. The third-order valence-corrected chi connectivity index (χ3v) is 6.11. The van der Waals surface area contributed by atoms with Gasteiger partial charge in [0.25, 0.3) is 5.91 Å². The van der Waals surface area contributed by atoms with E-state index in [0.717, 1.165) is 4.68 Å². The summed E-state index contributed by atoms with van der Waals surface area (Å²) in [6, 6.07) is 13.6. The number of nitrogens with zero attached hydrogens (tertiary/aromatic N) is 2. The molecule has 9 nitrogen and oxygen atoms in total. The van der Waals surface area contributed by atoms with E-state index in [1.54, 1.807) is 76.2 Å². The largest absolute Gasteiger partial charge is 0.496 e. The Balaban J connectivity index is 1.77. The fourth-order valence-corrected chi connectivity index (χ4v) is 3.81. The van der Waals surface area contributed by atoms with E-state index in [2.05, 4.69) is 21.0 Å². The van der Waals surface area contributed by atoms with Crippen LogP contribution in [0.4, 0.5) is 18.0 Å². The lowest BCUT2D eigenvalue weighted by atomic mass is 10.2. The lowest BCUT2D eigenvalue weighted by molar-refractivity contribution is -0.141. The van der Waals surface area contributed by atoms with Gasteiger partial charge in [0, 0.05) is 24.7 Å². The first-order valence-corrected chi connectivity index (χ1v) is 13.0. The molecule has 0 radical (unpaired) electrons. The van der Waals surface area contributed by atoms with Crippen LogP contribution < -0.4 is 20.7 Å². The Kier molecular flexibility index (Phi) is 9.97. The number of nitrogens with one attached hydrogen (secondary N) is 3. The van der Waals surface area contributed by atoms with Gasteiger partial charge in [0.2, 0.25) is 0 Å². The number of aromatic nitrogens is 2. The summed E-state index contributed by atoms with van der Waals surface area (Å²) in [6.07, 6.45) is -5.38. The van der Waals surface area contributed by atoms with Gasteiger partial charge in [0.05, 0.1) is 23.8 Å². The van der Waals surface area contributed by atoms with Crippen molar-refractivity contribution in [1.29, 1.82) is 0 Å². The smallest absolute Gasteiger partial charge is 0.435 e. The summed E-state index contributed by atoms with van der Waals surface area (Å²) < 4.78 is 52.2. The molecule has 0 unspecified atom stereocenters. The second-order valence-electron chi connectivity index (χ2n) is 10.1. The molecule has 0 saturated carbocycles. The molecule has 220 valence electrons. The second kappa shape index (κ2) is 13.0. The van der Waals surface area contributed by atoms with E-state index in [1.807, 2.05) is 0 Å². The van der Waals surface area contributed by atoms with Crippen LogP contribution in [0.15, 0.2) is 54.6 Å². The zero-order valence-electron chi connectivity index (χ0n) is 23.3. The van der Waals surface area contributed by atoms with Crippen molar-refractivity contribution < 1.29 is 32.2 Å². The second-order valence-corrected chi connectivity index (χ2v) is 10.5. The van der Waals surface area contributed by atoms with Crippen molar-refractivity contribution in [1.82, 2.24) is 25.7 Å². The minimum atomic E-state index is -4.76. The average Bonchev–Trinajstić information content (AvgIpc) is 3.36. The van der Waals surface area contributed by atoms with Crippen LogP contribution in [0.1, 0.15) is 55.0 Å². The Morgan fingerprint density at radius 1 is 1.02 bits per heavy atom. The number of methoxy groups -OCH3 is 1. The van der Waals surface area contributed by atoms with Crippen molar-refractivity contribution >= 4 is 29.2 Å². The number of hydrogen-bond acceptors (Lipinski definition) is 6. The minimum Gasteiger partial charge on any atom is -0.496 e. The maximum absolute atomic E-state index is 13.6. The molecule has 0 spiro atoms. The zero-order valence-corrected chi connectivity index (χ0v) is 24.1. The highest BCUT2D eigenvalue weighted by Crippen LogP contribution is 2.30. The SMILES string of the molecule is COc1ccccc1CNC(=O)c1cc(C(F)(F)F)nn1-c1cccc(CNC(=S)[C@H](C)NC(=O)OC(C)(C)C)c1. The van der Waals surface area contributed by atoms with Gasteiger partial charge < -0.3 is 25.4 Å². The number of ether oxygens (including phenoxy) is 2. The first kappa shape index (κ1) is 31.4. The molecule has 2 aromatic carbocycles. The van der Waals surface area contributed by atoms with E-state index < -0.39 is 35.5 Å². The molecule has 2 amide bonds. The molecule has 0 aliphatic heterocycles. The first-order valence-electron chi connectivity index (χ1n) is 12.6. The summed E-state index contributed by atoms with van der Waals surface area (Å²) in [7, 11) is 1.48. The van der Waals surface area contributed by atoms with Gasteiger partial charge in [-0.25, -0.2) is 9.48 Å². The normalized spacial score (nSPS) is 12.3. The van der Waals surface area contributed by atoms with Gasteiger partial charge in [-0.2, -0.15) is 18.3 Å². The van der Waals surface area contributed by atoms with Crippen LogP contribution in [0.25, 0.3) is 5.69 Å². The van der Waals surface area contributed by atoms with Crippen molar-refractivity contribution in [2.75, 3.05) is 7.11 Å². The van der Waals surface area contributed by atoms with Crippen molar-refractivity contribution in [3.8, 4) is 11.4 Å². The predicted octanol–water partition coefficient (Wildman–Crippen LogP) is 5.16. The van der Waals surface area contributed by atoms with Crippen LogP contribution in [0.5, 0.6) is 5.75 Å². The molecule has 41 heavy (non-hydrogen) atoms. The summed E-state index contributed by atoms with van der Waals surface area (Å²) in [6.45, 7) is 7.16. The third-order valence-electron chi connectivity index (χ3n) is 5.61. The lowest BCUT2D eigenvalue weighted by Gasteiger charge is -2.22. The molecule has 1 aromatic heterocycles. The molecule has 0 aliphatic rings. The van der Waals surface area contributed by atoms with Crippen LogP contribution in [-0.2, 0) is 24.0 Å². The first-order chi connectivity index (χ1) is 19.2. The van der Waals surface area contributed by atoms with Gasteiger partial charge in [0.1, 0.15) is 17.0 Å². The molecule has 3 N–H and O–H groups in total. The molecule has 3 aromatic rings. The van der Waals surface area contributed by atoms with Gasteiger partial charge in [-0.1, -0.05) is 42.5 Å². The monoisotopic (exact) mass is 591 g/mol. The number of para-hydroxylation sites is 1. The standard InChI is InChI=1S/C28H32F3N5O4S/c1-17(34-26(38)40-27(2,3)4)25(41)33-15-18-9-8-11-20(13-18)36-21(14-23(35-36)28(29,30)31)24(37)32-16-19-10-6-7-12-22(19)39-5/h6-14,17H,15-16H2,1-5H3,(H,32,37)(H,33,41)(H,34,38)/t17-/m0/s1. The van der Waals surface area contributed by atoms with Crippen molar-refractivity contribution in [3.05, 3.63) is 77.1 Å². The molecule has 13 heteroatoms. The predicted molar refractivity (Wildman–Crippen MR) is 151 cm³/mol. The highest BCUT2D eigenvalue weighted by atomic mass is 32.1. The van der Waals surface area contributed by atoms with Crippen LogP contribution in [0, 0.1) is 0 Å². The highest BCUT2D eigenvalue weighted by Gasteiger charge is 2.36. The van der Waals surface area contributed by atoms with Gasteiger partial charge in [-0.05, 0) is 51.5 Å². The van der Waals surface area contributed by atoms with Crippen LogP contribution in [-0.4, -0.2) is 45.5 Å². The third kappa shape index (κ3) is 8.93. The number of alkyl halides is 3. The molecule has 0 saturated heterocycles. The molecular formula is C28H32F3N5O4S. The lowest BCUT2D eigenvalue weighted by Crippen LogP contribution is -2.45. The number of rotatable bonds is 9. The number of thiocarbonyl (C=S) groups is 1. The van der Waals surface area contributed by atoms with Crippen molar-refractivity contribution in [2.24, 2.45) is 0 Å². The van der Waals surface area contributed by atoms with Crippen LogP contribution in [0.3, 0.4) is 0 Å². The molecule has 1 atom stereocenters. The minimum absolute atomic E-state index is 0.0340. The summed E-state index contributed by atoms with van der Waals surface area (Å²) >= 11 is 5.36. The Labute approximate surface area is 241 Å². The molecule has 0 fully saturated rings. The van der Waals surface area contributed by atoms with Gasteiger partial charge >= 0.3 is 12.3 Å². The average molecular weight is 592 g/mol. The van der Waals surface area contributed by atoms with Gasteiger partial charge in [0.15, 0.2) is 5.69 Å². The Morgan fingerprint density at radius 2 is 1.73 bits per heavy atom. The summed E-state index contributed by atoms with van der Waals surface area (Å²) in [4.78, 5) is 25.4. The van der Waals surface area contributed by atoms with Crippen LogP contribution in [0.2, 0.25) is 0 Å². The van der Waals surface area contributed by atoms with E-state index in [0.29, 0.717) is 27.9 Å². The maximum Gasteiger partial charge on any atom is 0.435 e. The Hall–Kier alpha value is -4.13. The Bertz CT molecular complexity index is 1400. The number of hydrogen-bond donors (Lipinski definition) is 3. The quantitative estimate of drug-likeness (QED) is 0.295. The molecule has 0 aliphatic carbocycles. The van der Waals surface area contributed by atoms with Crippen molar-refractivity contribution in [2.45, 2.75) is 58.6 Å². The van der Waals surface area contributed by atoms with E-state index in [1.165, 1.54) is 7.11 Å². The van der Waals surface area contributed by atoms with E-state index in [4.69, 9.17) is 21.7 Å².